The van der Waals surface area contributed by atoms with Crippen molar-refractivity contribution in [1.82, 2.24) is 0 Å². The summed E-state index contributed by atoms with van der Waals surface area (Å²) < 4.78 is 10.0. The molecule has 1 aromatic rings. The third-order valence-electron chi connectivity index (χ3n) is 4.16. The maximum absolute atomic E-state index is 11.8. The number of carbonyl (C=O) groups is 1. The van der Waals surface area contributed by atoms with Gasteiger partial charge in [-0.3, -0.25) is 0 Å². The highest BCUT2D eigenvalue weighted by Gasteiger charge is 2.42. The number of benzene rings is 1. The molecule has 0 fully saturated rings. The number of hydrogen-bond donors (Lipinski definition) is 1. The molecule has 1 unspecified atom stereocenters. The molecule has 1 N–H and O–H groups in total. The van der Waals surface area contributed by atoms with E-state index >= 15 is 0 Å². The van der Waals surface area contributed by atoms with Crippen molar-refractivity contribution in [3.63, 3.8) is 0 Å². The summed E-state index contributed by atoms with van der Waals surface area (Å²) in [7, 11) is 1.35. The number of methoxy groups -OCH3 is 1. The minimum Gasteiger partial charge on any atom is -0.471 e. The van der Waals surface area contributed by atoms with Gasteiger partial charge in [0.25, 0.3) is 0 Å². The molecule has 3 rings (SSSR count). The summed E-state index contributed by atoms with van der Waals surface area (Å²) in [6.07, 6.45) is 7.11. The molecule has 0 saturated carbocycles. The number of aliphatic hydroxyl groups is 1. The summed E-state index contributed by atoms with van der Waals surface area (Å²) in [4.78, 5) is 11.8. The minimum atomic E-state index is -0.937. The average Bonchev–Trinajstić information content (AvgIpc) is 2.98. The molecule has 0 amide bonds. The first-order valence-corrected chi connectivity index (χ1v) is 7.26. The van der Waals surface area contributed by atoms with Crippen molar-refractivity contribution < 1.29 is 19.4 Å². The molecule has 1 aliphatic heterocycles. The largest absolute Gasteiger partial charge is 0.471 e. The maximum Gasteiger partial charge on any atom is 0.337 e. The van der Waals surface area contributed by atoms with Gasteiger partial charge in [-0.25, -0.2) is 4.79 Å². The fourth-order valence-corrected chi connectivity index (χ4v) is 3.03. The molecule has 0 bridgehead atoms. The number of hydrogen-bond acceptors (Lipinski definition) is 4. The van der Waals surface area contributed by atoms with Crippen LogP contribution in [0.15, 0.2) is 59.9 Å². The quantitative estimate of drug-likeness (QED) is 0.872. The van der Waals surface area contributed by atoms with E-state index in [9.17, 15) is 9.90 Å². The Labute approximate surface area is 129 Å². The first kappa shape index (κ1) is 14.6. The molecule has 0 spiro atoms. The van der Waals surface area contributed by atoms with Gasteiger partial charge in [-0.15, -0.1) is 0 Å². The summed E-state index contributed by atoms with van der Waals surface area (Å²) in [5, 5.41) is 10.1. The van der Waals surface area contributed by atoms with Gasteiger partial charge < -0.3 is 14.6 Å². The van der Waals surface area contributed by atoms with Gasteiger partial charge in [0.05, 0.1) is 24.9 Å². The van der Waals surface area contributed by atoms with Crippen LogP contribution in [-0.4, -0.2) is 24.5 Å². The second kappa shape index (κ2) is 6.20. The van der Waals surface area contributed by atoms with Gasteiger partial charge >= 0.3 is 5.97 Å². The Morgan fingerprint density at radius 3 is 2.82 bits per heavy atom. The lowest BCUT2D eigenvalue weighted by atomic mass is 9.83. The molecule has 1 aromatic carbocycles. The summed E-state index contributed by atoms with van der Waals surface area (Å²) in [5.41, 5.74) is 2.55. The lowest BCUT2D eigenvalue weighted by Gasteiger charge is -2.31. The van der Waals surface area contributed by atoms with E-state index in [2.05, 4.69) is 0 Å². The third-order valence-corrected chi connectivity index (χ3v) is 4.16. The van der Waals surface area contributed by atoms with Gasteiger partial charge in [0.1, 0.15) is 0 Å². The molecule has 4 heteroatoms. The number of rotatable bonds is 3. The zero-order valence-corrected chi connectivity index (χ0v) is 12.3. The van der Waals surface area contributed by atoms with E-state index in [1.54, 1.807) is 0 Å². The van der Waals surface area contributed by atoms with E-state index in [1.807, 2.05) is 48.6 Å². The fraction of sp³-hybridized carbons (Fsp3) is 0.278. The van der Waals surface area contributed by atoms with Crippen LogP contribution in [0.25, 0.3) is 6.08 Å². The summed E-state index contributed by atoms with van der Waals surface area (Å²) in [6, 6.07) is 9.94. The van der Waals surface area contributed by atoms with Crippen LogP contribution < -0.4 is 0 Å². The van der Waals surface area contributed by atoms with Crippen LogP contribution in [0, 0.1) is 11.8 Å². The van der Waals surface area contributed by atoms with Gasteiger partial charge in [-0.2, -0.15) is 0 Å². The molecule has 1 aliphatic carbocycles. The minimum absolute atomic E-state index is 0.0911. The van der Waals surface area contributed by atoms with Crippen molar-refractivity contribution in [2.24, 2.45) is 11.8 Å². The highest BCUT2D eigenvalue weighted by Crippen LogP contribution is 2.43. The number of allylic oxidation sites excluding steroid dienone is 2. The van der Waals surface area contributed by atoms with E-state index in [1.165, 1.54) is 13.4 Å². The van der Waals surface area contributed by atoms with Crippen molar-refractivity contribution in [2.45, 2.75) is 12.7 Å². The molecule has 22 heavy (non-hydrogen) atoms. The summed E-state index contributed by atoms with van der Waals surface area (Å²) in [5.74, 6) is -0.728. The van der Waals surface area contributed by atoms with Crippen molar-refractivity contribution >= 4 is 12.0 Å². The molecule has 114 valence electrons. The Morgan fingerprint density at radius 1 is 1.32 bits per heavy atom. The molecule has 3 atom stereocenters. The Kier molecular flexibility index (Phi) is 4.11. The van der Waals surface area contributed by atoms with E-state index in [4.69, 9.17) is 9.47 Å². The van der Waals surface area contributed by atoms with Crippen molar-refractivity contribution in [3.05, 3.63) is 65.5 Å². The molecule has 0 radical (unpaired) electrons. The first-order chi connectivity index (χ1) is 10.7. The van der Waals surface area contributed by atoms with Crippen LogP contribution in [0.3, 0.4) is 0 Å². The predicted octanol–water partition coefficient (Wildman–Crippen LogP) is 2.67. The van der Waals surface area contributed by atoms with Crippen LogP contribution in [0.4, 0.5) is 0 Å². The van der Waals surface area contributed by atoms with Gasteiger partial charge in [-0.1, -0.05) is 48.6 Å². The van der Waals surface area contributed by atoms with E-state index < -0.39 is 12.3 Å². The van der Waals surface area contributed by atoms with Gasteiger partial charge in [0, 0.05) is 5.92 Å². The smallest absolute Gasteiger partial charge is 0.337 e. The second-order valence-electron chi connectivity index (χ2n) is 5.41. The standard InChI is InChI=1S/C18H18O4/c1-21-17(19)15-11-22-18(20)16-13(9-10-14(15)16)8-7-12-5-3-2-4-6-12/h2-9,11,14,16,18,20H,10H2,1H3/t14-,16-,18?/m1/s1. The van der Waals surface area contributed by atoms with Crippen LogP contribution in [0.1, 0.15) is 12.0 Å². The predicted molar refractivity (Wildman–Crippen MR) is 82.3 cm³/mol. The van der Waals surface area contributed by atoms with Crippen molar-refractivity contribution in [2.75, 3.05) is 7.11 Å². The van der Waals surface area contributed by atoms with E-state index in [-0.39, 0.29) is 11.8 Å². The molecule has 0 saturated heterocycles. The number of ether oxygens (including phenoxy) is 2. The zero-order valence-electron chi connectivity index (χ0n) is 12.3. The third kappa shape index (κ3) is 2.70. The Morgan fingerprint density at radius 2 is 2.09 bits per heavy atom. The number of fused-ring (bicyclic) bond motifs is 1. The van der Waals surface area contributed by atoms with E-state index in [0.29, 0.717) is 12.0 Å². The molecular formula is C18H18O4. The molecule has 4 nitrogen and oxygen atoms in total. The monoisotopic (exact) mass is 298 g/mol. The lowest BCUT2D eigenvalue weighted by Crippen LogP contribution is -2.34. The van der Waals surface area contributed by atoms with Gasteiger partial charge in [0.15, 0.2) is 0 Å². The summed E-state index contributed by atoms with van der Waals surface area (Å²) >= 11 is 0. The Balaban J connectivity index is 1.81. The number of carbonyl (C=O) groups excluding carboxylic acids is 1. The molecule has 1 heterocycles. The van der Waals surface area contributed by atoms with Crippen LogP contribution in [-0.2, 0) is 14.3 Å². The highest BCUT2D eigenvalue weighted by molar-refractivity contribution is 5.89. The Bertz CT molecular complexity index is 642. The molecular weight excluding hydrogens is 280 g/mol. The van der Waals surface area contributed by atoms with Gasteiger partial charge in [0.2, 0.25) is 6.29 Å². The van der Waals surface area contributed by atoms with Crippen molar-refractivity contribution in [1.29, 1.82) is 0 Å². The highest BCUT2D eigenvalue weighted by atomic mass is 16.6. The average molecular weight is 298 g/mol. The van der Waals surface area contributed by atoms with Crippen LogP contribution >= 0.6 is 0 Å². The number of esters is 1. The SMILES string of the molecule is COC(=O)C1=COC(O)[C@@H]2C(C=Cc3ccccc3)=CC[C@H]12. The fourth-order valence-electron chi connectivity index (χ4n) is 3.03. The number of aliphatic hydroxyl groups excluding tert-OH is 1. The van der Waals surface area contributed by atoms with Crippen LogP contribution in [0.5, 0.6) is 0 Å². The first-order valence-electron chi connectivity index (χ1n) is 7.26. The second-order valence-corrected chi connectivity index (χ2v) is 5.41. The molecule has 0 aromatic heterocycles. The summed E-state index contributed by atoms with van der Waals surface area (Å²) in [6.45, 7) is 0. The van der Waals surface area contributed by atoms with E-state index in [0.717, 1.165) is 11.1 Å². The maximum atomic E-state index is 11.8. The lowest BCUT2D eigenvalue weighted by molar-refractivity contribution is -0.141. The Hall–Kier alpha value is -2.33. The van der Waals surface area contributed by atoms with Crippen molar-refractivity contribution in [3.8, 4) is 0 Å². The van der Waals surface area contributed by atoms with Crippen LogP contribution in [0.2, 0.25) is 0 Å². The zero-order chi connectivity index (χ0) is 15.5. The molecule has 2 aliphatic rings. The van der Waals surface area contributed by atoms with Gasteiger partial charge in [-0.05, 0) is 17.6 Å². The topological polar surface area (TPSA) is 55.8 Å². The normalized spacial score (nSPS) is 26.9.